The zero-order valence-electron chi connectivity index (χ0n) is 7.53. The molecule has 0 unspecified atom stereocenters. The second-order valence-corrected chi connectivity index (χ2v) is 4.23. The third-order valence-corrected chi connectivity index (χ3v) is 2.01. The van der Waals surface area contributed by atoms with Crippen LogP contribution in [0.4, 0.5) is 5.69 Å². The summed E-state index contributed by atoms with van der Waals surface area (Å²) in [5.41, 5.74) is 0.506. The first-order valence-electron chi connectivity index (χ1n) is 3.40. The van der Waals surface area contributed by atoms with Gasteiger partial charge < -0.3 is 9.87 Å². The molecule has 0 saturated heterocycles. The number of nitrogens with one attached hydrogen (secondary N) is 1. The molecule has 1 N–H and O–H groups in total. The molecule has 0 saturated carbocycles. The molecule has 1 aromatic rings. The molecular formula is C7H7ClNNaO3S. The predicted molar refractivity (Wildman–Crippen MR) is 49.6 cm³/mol. The average Bonchev–Trinajstić information content (AvgIpc) is 2.00. The quantitative estimate of drug-likeness (QED) is 0.505. The van der Waals surface area contributed by atoms with Crippen LogP contribution >= 0.6 is 11.6 Å². The Kier molecular flexibility index (Phi) is 6.04. The van der Waals surface area contributed by atoms with E-state index in [-0.39, 0.29) is 29.6 Å². The first-order chi connectivity index (χ1) is 5.97. The Hall–Kier alpha value is 0.220. The number of hydrogen-bond acceptors (Lipinski definition) is 4. The van der Waals surface area contributed by atoms with E-state index in [0.717, 1.165) is 0 Å². The average molecular weight is 244 g/mol. The fraction of sp³-hybridized carbons (Fsp3) is 0.143. The van der Waals surface area contributed by atoms with Gasteiger partial charge in [0.15, 0.2) is 0 Å². The van der Waals surface area contributed by atoms with Gasteiger partial charge in [-0.2, -0.15) is 0 Å². The van der Waals surface area contributed by atoms with Crippen molar-refractivity contribution < 1.29 is 42.5 Å². The molecule has 0 atom stereocenters. The molecule has 0 amide bonds. The number of rotatable bonds is 3. The summed E-state index contributed by atoms with van der Waals surface area (Å²) >= 11 is 5.63. The van der Waals surface area contributed by atoms with Crippen molar-refractivity contribution >= 4 is 27.4 Å². The third kappa shape index (κ3) is 5.85. The van der Waals surface area contributed by atoms with Crippen molar-refractivity contribution in [1.29, 1.82) is 0 Å². The number of anilines is 1. The van der Waals surface area contributed by atoms with Crippen molar-refractivity contribution in [2.45, 2.75) is 0 Å². The van der Waals surface area contributed by atoms with Gasteiger partial charge in [-0.1, -0.05) is 17.7 Å². The summed E-state index contributed by atoms with van der Waals surface area (Å²) in [7, 11) is -4.24. The van der Waals surface area contributed by atoms with Crippen LogP contribution in [0.2, 0.25) is 5.02 Å². The van der Waals surface area contributed by atoms with Gasteiger partial charge in [-0.25, -0.2) is 8.42 Å². The summed E-state index contributed by atoms with van der Waals surface area (Å²) in [5, 5.41) is 2.92. The zero-order valence-corrected chi connectivity index (χ0v) is 11.1. The van der Waals surface area contributed by atoms with Crippen LogP contribution in [0.15, 0.2) is 24.3 Å². The molecule has 0 heterocycles. The number of benzene rings is 1. The fourth-order valence-corrected chi connectivity index (χ4v) is 1.30. The van der Waals surface area contributed by atoms with Crippen molar-refractivity contribution in [3.05, 3.63) is 29.3 Å². The summed E-state index contributed by atoms with van der Waals surface area (Å²) < 4.78 is 30.7. The van der Waals surface area contributed by atoms with Gasteiger partial charge in [-0.15, -0.1) is 0 Å². The van der Waals surface area contributed by atoms with Crippen LogP contribution in [0.5, 0.6) is 0 Å². The minimum atomic E-state index is -4.24. The van der Waals surface area contributed by atoms with Crippen molar-refractivity contribution in [1.82, 2.24) is 0 Å². The van der Waals surface area contributed by atoms with Crippen LogP contribution in [-0.2, 0) is 10.1 Å². The van der Waals surface area contributed by atoms with E-state index in [1.165, 1.54) is 6.07 Å². The first-order valence-corrected chi connectivity index (χ1v) is 5.36. The molecular weight excluding hydrogens is 237 g/mol. The maximum absolute atomic E-state index is 10.2. The van der Waals surface area contributed by atoms with Crippen LogP contribution < -0.4 is 34.9 Å². The Morgan fingerprint density at radius 2 is 2.07 bits per heavy atom. The first kappa shape index (κ1) is 14.2. The monoisotopic (exact) mass is 243 g/mol. The van der Waals surface area contributed by atoms with E-state index in [9.17, 15) is 13.0 Å². The maximum atomic E-state index is 10.2. The van der Waals surface area contributed by atoms with Gasteiger partial charge in [0, 0.05) is 10.7 Å². The van der Waals surface area contributed by atoms with Gasteiger partial charge in [0.25, 0.3) is 0 Å². The molecule has 7 heteroatoms. The van der Waals surface area contributed by atoms with Gasteiger partial charge in [0.2, 0.25) is 0 Å². The van der Waals surface area contributed by atoms with Gasteiger partial charge in [0.05, 0.1) is 0 Å². The molecule has 0 aliphatic rings. The van der Waals surface area contributed by atoms with Crippen LogP contribution in [0.1, 0.15) is 0 Å². The van der Waals surface area contributed by atoms with Crippen molar-refractivity contribution in [2.24, 2.45) is 0 Å². The van der Waals surface area contributed by atoms with E-state index in [4.69, 9.17) is 11.6 Å². The Balaban J connectivity index is 0.00000169. The zero-order chi connectivity index (χ0) is 9.90. The molecule has 0 bridgehead atoms. The molecule has 72 valence electrons. The number of hydrogen-bond donors (Lipinski definition) is 1. The van der Waals surface area contributed by atoms with E-state index in [0.29, 0.717) is 10.7 Å². The minimum Gasteiger partial charge on any atom is -0.747 e. The smallest absolute Gasteiger partial charge is 0.747 e. The third-order valence-electron chi connectivity index (χ3n) is 1.28. The second kappa shape index (κ2) is 5.95. The van der Waals surface area contributed by atoms with Gasteiger partial charge in [-0.05, 0) is 18.2 Å². The molecule has 0 aliphatic carbocycles. The molecule has 0 aromatic heterocycles. The minimum absolute atomic E-state index is 0. The van der Waals surface area contributed by atoms with Gasteiger partial charge >= 0.3 is 29.6 Å². The van der Waals surface area contributed by atoms with E-state index in [2.05, 4.69) is 5.32 Å². The molecule has 1 rings (SSSR count). The van der Waals surface area contributed by atoms with Crippen molar-refractivity contribution in [3.63, 3.8) is 0 Å². The Morgan fingerprint density at radius 3 is 2.57 bits per heavy atom. The summed E-state index contributed by atoms with van der Waals surface area (Å²) in [5.74, 6) is -0.632. The number of halogens is 1. The second-order valence-electron chi connectivity index (χ2n) is 2.39. The Labute approximate surface area is 110 Å². The van der Waals surface area contributed by atoms with E-state index in [1.54, 1.807) is 18.2 Å². The largest absolute Gasteiger partial charge is 1.00 e. The molecule has 0 fully saturated rings. The van der Waals surface area contributed by atoms with Crippen LogP contribution in [-0.4, -0.2) is 18.8 Å². The van der Waals surface area contributed by atoms with Crippen LogP contribution in [0.3, 0.4) is 0 Å². The summed E-state index contributed by atoms with van der Waals surface area (Å²) in [6.07, 6.45) is 0. The molecule has 1 aromatic carbocycles. The topological polar surface area (TPSA) is 69.2 Å². The van der Waals surface area contributed by atoms with E-state index in [1.807, 2.05) is 0 Å². The summed E-state index contributed by atoms with van der Waals surface area (Å²) in [4.78, 5) is 0. The van der Waals surface area contributed by atoms with Crippen molar-refractivity contribution in [2.75, 3.05) is 11.2 Å². The molecule has 0 radical (unpaired) electrons. The van der Waals surface area contributed by atoms with Gasteiger partial charge in [0.1, 0.15) is 16.0 Å². The van der Waals surface area contributed by atoms with E-state index < -0.39 is 16.0 Å². The van der Waals surface area contributed by atoms with E-state index >= 15 is 0 Å². The summed E-state index contributed by atoms with van der Waals surface area (Å²) in [6, 6.07) is 6.46. The SMILES string of the molecule is O=S(=O)([O-])CNc1cccc(Cl)c1.[Na+]. The molecule has 0 spiro atoms. The fourth-order valence-electron chi connectivity index (χ4n) is 0.770. The van der Waals surface area contributed by atoms with Crippen molar-refractivity contribution in [3.8, 4) is 0 Å². The Bertz CT molecular complexity index is 396. The summed E-state index contributed by atoms with van der Waals surface area (Å²) in [6.45, 7) is 0. The maximum Gasteiger partial charge on any atom is 1.00 e. The van der Waals surface area contributed by atoms with Crippen LogP contribution in [0, 0.1) is 0 Å². The normalized spacial score (nSPS) is 10.4. The molecule has 4 nitrogen and oxygen atoms in total. The molecule has 14 heavy (non-hydrogen) atoms. The molecule has 0 aliphatic heterocycles. The predicted octanol–water partition coefficient (Wildman–Crippen LogP) is -1.74. The standard InChI is InChI=1S/C7H8ClNO3S.Na/c8-6-2-1-3-7(4-6)9-5-13(10,11)12;/h1-4,9H,5H2,(H,10,11,12);/q;+1/p-1. The van der Waals surface area contributed by atoms with Gasteiger partial charge in [-0.3, -0.25) is 0 Å². The van der Waals surface area contributed by atoms with Crippen LogP contribution in [0.25, 0.3) is 0 Å². The Morgan fingerprint density at radius 1 is 1.43 bits per heavy atom.